The van der Waals surface area contributed by atoms with E-state index in [1.54, 1.807) is 12.4 Å². The summed E-state index contributed by atoms with van der Waals surface area (Å²) in [5, 5.41) is 7.12. The first-order chi connectivity index (χ1) is 12.0. The van der Waals surface area contributed by atoms with Crippen molar-refractivity contribution in [2.45, 2.75) is 24.4 Å². The molecule has 0 aromatic carbocycles. The smallest absolute Gasteiger partial charge is 0.475 e. The summed E-state index contributed by atoms with van der Waals surface area (Å²) in [5.41, 5.74) is 11.3. The Morgan fingerprint density at radius 3 is 2.15 bits per heavy atom. The summed E-state index contributed by atoms with van der Waals surface area (Å²) in [4.78, 5) is 37.2. The Hall–Kier alpha value is -2.69. The van der Waals surface area contributed by atoms with Crippen LogP contribution in [-0.4, -0.2) is 58.6 Å². The number of aromatic nitrogens is 1. The Bertz CT molecular complexity index is 654. The lowest BCUT2D eigenvalue weighted by Gasteiger charge is -2.28. The maximum Gasteiger partial charge on any atom is 0.490 e. The summed E-state index contributed by atoms with van der Waals surface area (Å²) in [6.07, 6.45) is -0.622. The standard InChI is InChI=1S/C13H18N4O2.C2HF3O2/c14-11(18)7-13(10-1-4-16-5-2-10)3-6-17(9-13)8-12(15)19;3-2(4,5)1(6)7/h1-2,4-5H,3,6-9H2,(H2,14,18)(H2,15,19);(H,6,7). The third-order valence-electron chi connectivity index (χ3n) is 3.86. The number of likely N-dealkylation sites (tertiary alicyclic amines) is 1. The fraction of sp³-hybridized carbons (Fsp3) is 0.467. The summed E-state index contributed by atoms with van der Waals surface area (Å²) < 4.78 is 31.7. The molecule has 1 aromatic rings. The molecule has 8 nitrogen and oxygen atoms in total. The molecular weight excluding hydrogens is 357 g/mol. The van der Waals surface area contributed by atoms with Crippen LogP contribution in [0.4, 0.5) is 13.2 Å². The summed E-state index contributed by atoms with van der Waals surface area (Å²) >= 11 is 0. The first-order valence-electron chi connectivity index (χ1n) is 7.46. The molecule has 1 aromatic heterocycles. The van der Waals surface area contributed by atoms with Crippen LogP contribution in [0.3, 0.4) is 0 Å². The van der Waals surface area contributed by atoms with Crippen LogP contribution < -0.4 is 11.5 Å². The van der Waals surface area contributed by atoms with Gasteiger partial charge in [-0.3, -0.25) is 19.5 Å². The molecule has 2 rings (SSSR count). The van der Waals surface area contributed by atoms with E-state index in [2.05, 4.69) is 4.98 Å². The molecule has 1 atom stereocenters. The van der Waals surface area contributed by atoms with E-state index in [1.807, 2.05) is 17.0 Å². The van der Waals surface area contributed by atoms with Crippen LogP contribution in [-0.2, 0) is 19.8 Å². The molecule has 2 amide bonds. The van der Waals surface area contributed by atoms with Gasteiger partial charge in [0.15, 0.2) is 0 Å². The number of carboxylic acids is 1. The first kappa shape index (κ1) is 21.4. The van der Waals surface area contributed by atoms with Gasteiger partial charge in [-0.2, -0.15) is 13.2 Å². The zero-order chi connectivity index (χ0) is 20.0. The average Bonchev–Trinajstić information content (AvgIpc) is 2.90. The summed E-state index contributed by atoms with van der Waals surface area (Å²) in [5.74, 6) is -3.45. The van der Waals surface area contributed by atoms with E-state index in [1.165, 1.54) is 0 Å². The van der Waals surface area contributed by atoms with Crippen LogP contribution in [0.25, 0.3) is 0 Å². The van der Waals surface area contributed by atoms with Gasteiger partial charge in [-0.05, 0) is 30.7 Å². The average molecular weight is 376 g/mol. The molecule has 1 saturated heterocycles. The number of rotatable bonds is 5. The van der Waals surface area contributed by atoms with Crippen molar-refractivity contribution in [3.05, 3.63) is 30.1 Å². The predicted molar refractivity (Wildman–Crippen MR) is 83.7 cm³/mol. The molecular formula is C15H19F3N4O4. The molecule has 11 heteroatoms. The second-order valence-corrected chi connectivity index (χ2v) is 5.89. The highest BCUT2D eigenvalue weighted by Crippen LogP contribution is 2.37. The number of hydrogen-bond acceptors (Lipinski definition) is 5. The zero-order valence-electron chi connectivity index (χ0n) is 13.7. The van der Waals surface area contributed by atoms with E-state index >= 15 is 0 Å². The maximum absolute atomic E-state index is 11.4. The van der Waals surface area contributed by atoms with E-state index < -0.39 is 12.1 Å². The monoisotopic (exact) mass is 376 g/mol. The van der Waals surface area contributed by atoms with Gasteiger partial charge in [-0.25, -0.2) is 4.79 Å². The molecule has 0 spiro atoms. The minimum absolute atomic E-state index is 0.214. The van der Waals surface area contributed by atoms with Gasteiger partial charge < -0.3 is 16.6 Å². The largest absolute Gasteiger partial charge is 0.490 e. The van der Waals surface area contributed by atoms with Gasteiger partial charge in [0.25, 0.3) is 0 Å². The van der Waals surface area contributed by atoms with Crippen molar-refractivity contribution in [1.29, 1.82) is 0 Å². The van der Waals surface area contributed by atoms with Crippen molar-refractivity contribution in [2.75, 3.05) is 19.6 Å². The molecule has 1 fully saturated rings. The molecule has 26 heavy (non-hydrogen) atoms. The number of pyridine rings is 1. The fourth-order valence-corrected chi connectivity index (χ4v) is 2.83. The number of primary amides is 2. The van der Waals surface area contributed by atoms with Crippen LogP contribution in [0.15, 0.2) is 24.5 Å². The van der Waals surface area contributed by atoms with Gasteiger partial charge in [0.05, 0.1) is 6.54 Å². The number of aliphatic carboxylic acids is 1. The third kappa shape index (κ3) is 6.31. The van der Waals surface area contributed by atoms with Crippen molar-refractivity contribution in [2.24, 2.45) is 11.5 Å². The SMILES string of the molecule is NC(=O)CN1CCC(CC(N)=O)(c2ccncc2)C1.O=C(O)C(F)(F)F. The Kier molecular flexibility index (Phi) is 7.07. The van der Waals surface area contributed by atoms with Gasteiger partial charge >= 0.3 is 12.1 Å². The lowest BCUT2D eigenvalue weighted by molar-refractivity contribution is -0.192. The molecule has 144 valence electrons. The number of carboxylic acid groups (broad SMARTS) is 1. The number of nitrogens with zero attached hydrogens (tertiary/aromatic N) is 2. The molecule has 1 aliphatic heterocycles. The van der Waals surface area contributed by atoms with E-state index in [9.17, 15) is 22.8 Å². The maximum atomic E-state index is 11.4. The lowest BCUT2D eigenvalue weighted by Crippen LogP contribution is -2.38. The normalized spacial score (nSPS) is 20.1. The van der Waals surface area contributed by atoms with E-state index in [0.29, 0.717) is 6.54 Å². The third-order valence-corrected chi connectivity index (χ3v) is 3.86. The van der Waals surface area contributed by atoms with Gasteiger partial charge in [0, 0.05) is 30.8 Å². The molecule has 0 radical (unpaired) electrons. The fourth-order valence-electron chi connectivity index (χ4n) is 2.83. The summed E-state index contributed by atoms with van der Waals surface area (Å²) in [7, 11) is 0. The van der Waals surface area contributed by atoms with Crippen molar-refractivity contribution >= 4 is 17.8 Å². The summed E-state index contributed by atoms with van der Waals surface area (Å²) in [6.45, 7) is 1.56. The van der Waals surface area contributed by atoms with E-state index in [4.69, 9.17) is 21.4 Å². The predicted octanol–water partition coefficient (Wildman–Crippen LogP) is 0.0191. The molecule has 0 bridgehead atoms. The number of amides is 2. The van der Waals surface area contributed by atoms with Gasteiger partial charge in [0.1, 0.15) is 0 Å². The quantitative estimate of drug-likeness (QED) is 0.662. The van der Waals surface area contributed by atoms with Crippen LogP contribution in [0, 0.1) is 0 Å². The second-order valence-electron chi connectivity index (χ2n) is 5.89. The number of nitrogens with two attached hydrogens (primary N) is 2. The highest BCUT2D eigenvalue weighted by Gasteiger charge is 2.41. The van der Waals surface area contributed by atoms with Crippen molar-refractivity contribution in [3.8, 4) is 0 Å². The number of hydrogen-bond donors (Lipinski definition) is 3. The molecule has 1 aliphatic rings. The zero-order valence-corrected chi connectivity index (χ0v) is 13.7. The molecule has 1 unspecified atom stereocenters. The van der Waals surface area contributed by atoms with Crippen LogP contribution >= 0.6 is 0 Å². The van der Waals surface area contributed by atoms with Crippen molar-refractivity contribution in [1.82, 2.24) is 9.88 Å². The highest BCUT2D eigenvalue weighted by molar-refractivity contribution is 5.77. The lowest BCUT2D eigenvalue weighted by atomic mass is 9.77. The van der Waals surface area contributed by atoms with Crippen LogP contribution in [0.2, 0.25) is 0 Å². The Balaban J connectivity index is 0.000000412. The first-order valence-corrected chi connectivity index (χ1v) is 7.46. The molecule has 0 aliphatic carbocycles. The van der Waals surface area contributed by atoms with Crippen molar-refractivity contribution in [3.63, 3.8) is 0 Å². The van der Waals surface area contributed by atoms with Gasteiger partial charge in [-0.15, -0.1) is 0 Å². The van der Waals surface area contributed by atoms with Gasteiger partial charge in [-0.1, -0.05) is 0 Å². The second kappa shape index (κ2) is 8.61. The number of alkyl halides is 3. The minimum atomic E-state index is -5.08. The highest BCUT2D eigenvalue weighted by atomic mass is 19.4. The van der Waals surface area contributed by atoms with E-state index in [-0.39, 0.29) is 30.2 Å². The van der Waals surface area contributed by atoms with Crippen LogP contribution in [0.1, 0.15) is 18.4 Å². The Labute approximate surface area is 147 Å². The summed E-state index contributed by atoms with van der Waals surface area (Å²) in [6, 6.07) is 3.80. The topological polar surface area (TPSA) is 140 Å². The Morgan fingerprint density at radius 1 is 1.19 bits per heavy atom. The van der Waals surface area contributed by atoms with E-state index in [0.717, 1.165) is 18.5 Å². The number of carbonyl (C=O) groups excluding carboxylic acids is 2. The van der Waals surface area contributed by atoms with Crippen LogP contribution in [0.5, 0.6) is 0 Å². The number of carbonyl (C=O) groups is 3. The Morgan fingerprint density at radius 2 is 1.73 bits per heavy atom. The van der Waals surface area contributed by atoms with Crippen molar-refractivity contribution < 1.29 is 32.7 Å². The minimum Gasteiger partial charge on any atom is -0.475 e. The number of halogens is 3. The molecule has 5 N–H and O–H groups in total. The van der Waals surface area contributed by atoms with Gasteiger partial charge in [0.2, 0.25) is 11.8 Å². The molecule has 2 heterocycles. The molecule has 0 saturated carbocycles.